The van der Waals surface area contributed by atoms with E-state index in [-0.39, 0.29) is 0 Å². The van der Waals surface area contributed by atoms with E-state index in [0.717, 1.165) is 12.1 Å². The van der Waals surface area contributed by atoms with Gasteiger partial charge in [-0.25, -0.2) is 10.2 Å². The Balaban J connectivity index is 1.98. The zero-order valence-corrected chi connectivity index (χ0v) is 10.9. The predicted molar refractivity (Wildman–Crippen MR) is 75.0 cm³/mol. The van der Waals surface area contributed by atoms with Crippen LogP contribution in [0.2, 0.25) is 0 Å². The number of urea groups is 1. The topological polar surface area (TPSA) is 67.5 Å². The van der Waals surface area contributed by atoms with E-state index in [2.05, 4.69) is 28.7 Å². The third-order valence-electron chi connectivity index (χ3n) is 4.34. The zero-order valence-electron chi connectivity index (χ0n) is 10.9. The van der Waals surface area contributed by atoms with E-state index >= 15 is 0 Å². The first-order valence-electron chi connectivity index (χ1n) is 6.97. The van der Waals surface area contributed by atoms with Gasteiger partial charge in [0.2, 0.25) is 0 Å². The van der Waals surface area contributed by atoms with Gasteiger partial charge in [-0.15, -0.1) is 0 Å². The number of hydrazone groups is 1. The molecule has 2 amide bonds. The quantitative estimate of drug-likeness (QED) is 0.746. The molecular weight excluding hydrogens is 238 g/mol. The molecule has 1 aromatic carbocycles. The second-order valence-electron chi connectivity index (χ2n) is 5.48. The maximum Gasteiger partial charge on any atom is 0.332 e. The van der Waals surface area contributed by atoms with Crippen molar-refractivity contribution in [1.29, 1.82) is 0 Å². The van der Waals surface area contributed by atoms with E-state index in [1.165, 1.54) is 36.8 Å². The van der Waals surface area contributed by atoms with Crippen LogP contribution < -0.4 is 11.2 Å². The molecule has 1 aromatic rings. The fraction of sp³-hybridized carbons (Fsp3) is 0.467. The number of primary amides is 1. The van der Waals surface area contributed by atoms with Crippen LogP contribution in [0.1, 0.15) is 49.1 Å². The highest BCUT2D eigenvalue weighted by molar-refractivity contribution is 6.03. The molecule has 2 atom stereocenters. The summed E-state index contributed by atoms with van der Waals surface area (Å²) >= 11 is 0. The molecule has 1 saturated carbocycles. The van der Waals surface area contributed by atoms with E-state index in [4.69, 9.17) is 5.73 Å². The summed E-state index contributed by atoms with van der Waals surface area (Å²) in [6.45, 7) is 0. The molecule has 0 unspecified atom stereocenters. The number of nitrogens with one attached hydrogen (secondary N) is 1. The molecule has 100 valence electrons. The molecule has 4 nitrogen and oxygen atoms in total. The monoisotopic (exact) mass is 257 g/mol. The van der Waals surface area contributed by atoms with Gasteiger partial charge in [0.25, 0.3) is 0 Å². The minimum absolute atomic E-state index is 0.601. The van der Waals surface area contributed by atoms with Crippen LogP contribution in [0.15, 0.2) is 29.4 Å². The Morgan fingerprint density at radius 1 is 1.26 bits per heavy atom. The lowest BCUT2D eigenvalue weighted by Gasteiger charge is -2.37. The van der Waals surface area contributed by atoms with E-state index in [1.807, 2.05) is 6.07 Å². The zero-order chi connectivity index (χ0) is 13.2. The van der Waals surface area contributed by atoms with Crippen molar-refractivity contribution in [1.82, 2.24) is 5.43 Å². The van der Waals surface area contributed by atoms with Gasteiger partial charge >= 0.3 is 6.03 Å². The molecule has 19 heavy (non-hydrogen) atoms. The van der Waals surface area contributed by atoms with Gasteiger partial charge in [-0.2, -0.15) is 5.10 Å². The molecule has 3 N–H and O–H groups in total. The first-order valence-corrected chi connectivity index (χ1v) is 6.97. The Morgan fingerprint density at radius 3 is 2.89 bits per heavy atom. The molecule has 2 aliphatic carbocycles. The smallest absolute Gasteiger partial charge is 0.332 e. The Bertz CT molecular complexity index is 524. The van der Waals surface area contributed by atoms with Crippen molar-refractivity contribution in [3.05, 3.63) is 35.4 Å². The summed E-state index contributed by atoms with van der Waals surface area (Å²) < 4.78 is 0. The summed E-state index contributed by atoms with van der Waals surface area (Å²) in [6.07, 6.45) is 6.11. The number of carbonyl (C=O) groups excluding carboxylic acids is 1. The Morgan fingerprint density at radius 2 is 2.05 bits per heavy atom. The van der Waals surface area contributed by atoms with Gasteiger partial charge in [-0.05, 0) is 36.7 Å². The molecule has 2 aliphatic rings. The highest BCUT2D eigenvalue weighted by atomic mass is 16.2. The first-order chi connectivity index (χ1) is 9.25. The fourth-order valence-corrected chi connectivity index (χ4v) is 3.53. The van der Waals surface area contributed by atoms with Crippen molar-refractivity contribution < 1.29 is 4.79 Å². The Hall–Kier alpha value is -1.84. The summed E-state index contributed by atoms with van der Waals surface area (Å²) in [5.74, 6) is 1.33. The molecule has 0 radical (unpaired) electrons. The Kier molecular flexibility index (Phi) is 3.23. The van der Waals surface area contributed by atoms with Crippen LogP contribution in [0.25, 0.3) is 0 Å². The van der Waals surface area contributed by atoms with Gasteiger partial charge in [0.1, 0.15) is 0 Å². The molecule has 0 saturated heterocycles. The van der Waals surface area contributed by atoms with Crippen molar-refractivity contribution >= 4 is 11.7 Å². The summed E-state index contributed by atoms with van der Waals surface area (Å²) in [6, 6.07) is 7.83. The van der Waals surface area contributed by atoms with Crippen molar-refractivity contribution in [3.8, 4) is 0 Å². The van der Waals surface area contributed by atoms with Gasteiger partial charge in [-0.1, -0.05) is 37.1 Å². The van der Waals surface area contributed by atoms with E-state index in [0.29, 0.717) is 11.8 Å². The lowest BCUT2D eigenvalue weighted by Crippen LogP contribution is -2.31. The van der Waals surface area contributed by atoms with Crippen LogP contribution in [0.3, 0.4) is 0 Å². The normalized spacial score (nSPS) is 27.5. The van der Waals surface area contributed by atoms with Crippen molar-refractivity contribution in [2.24, 2.45) is 16.8 Å². The molecule has 4 heteroatoms. The van der Waals surface area contributed by atoms with E-state index < -0.39 is 6.03 Å². The predicted octanol–water partition coefficient (Wildman–Crippen LogP) is 2.74. The van der Waals surface area contributed by atoms with Crippen LogP contribution in [0, 0.1) is 5.92 Å². The van der Waals surface area contributed by atoms with Gasteiger partial charge < -0.3 is 5.73 Å². The standard InChI is InChI=1S/C15H19N3O/c16-15(19)18-17-14-9-10-5-1-2-6-11(10)12-7-3-4-8-13(12)14/h3-4,7-8,10-11H,1-2,5-6,9H2,(H3,16,18,19)/b17-14+/t10-,11-/m1/s1. The highest BCUT2D eigenvalue weighted by Crippen LogP contribution is 2.44. The van der Waals surface area contributed by atoms with Crippen molar-refractivity contribution in [2.75, 3.05) is 0 Å². The highest BCUT2D eigenvalue weighted by Gasteiger charge is 2.34. The van der Waals surface area contributed by atoms with Crippen LogP contribution >= 0.6 is 0 Å². The summed E-state index contributed by atoms with van der Waals surface area (Å²) in [5, 5.41) is 4.21. The van der Waals surface area contributed by atoms with Gasteiger partial charge in [0, 0.05) is 5.56 Å². The number of hydrogen-bond donors (Lipinski definition) is 2. The fourth-order valence-electron chi connectivity index (χ4n) is 3.53. The summed E-state index contributed by atoms with van der Waals surface area (Å²) in [4.78, 5) is 10.8. The van der Waals surface area contributed by atoms with Crippen molar-refractivity contribution in [3.63, 3.8) is 0 Å². The maximum atomic E-state index is 10.8. The second-order valence-corrected chi connectivity index (χ2v) is 5.48. The Labute approximate surface area is 113 Å². The third-order valence-corrected chi connectivity index (χ3v) is 4.34. The lowest BCUT2D eigenvalue weighted by molar-refractivity contribution is 0.249. The van der Waals surface area contributed by atoms with E-state index in [9.17, 15) is 4.79 Å². The molecule has 1 fully saturated rings. The number of nitrogens with two attached hydrogens (primary N) is 1. The number of amides is 2. The van der Waals surface area contributed by atoms with Gasteiger partial charge in [-0.3, -0.25) is 0 Å². The van der Waals surface area contributed by atoms with Gasteiger partial charge in [0.05, 0.1) is 5.71 Å². The summed E-state index contributed by atoms with van der Waals surface area (Å²) in [7, 11) is 0. The molecule has 0 aliphatic heterocycles. The summed E-state index contributed by atoms with van der Waals surface area (Å²) in [5.41, 5.74) is 11.0. The first kappa shape index (κ1) is 12.2. The average molecular weight is 257 g/mol. The van der Waals surface area contributed by atoms with Crippen LogP contribution in [-0.4, -0.2) is 11.7 Å². The third kappa shape index (κ3) is 2.35. The number of benzene rings is 1. The van der Waals surface area contributed by atoms with Crippen LogP contribution in [0.4, 0.5) is 4.79 Å². The minimum atomic E-state index is -0.601. The number of nitrogens with zero attached hydrogens (tertiary/aromatic N) is 1. The molecule has 0 heterocycles. The van der Waals surface area contributed by atoms with Crippen LogP contribution in [0.5, 0.6) is 0 Å². The second kappa shape index (κ2) is 5.03. The number of hydrogen-bond acceptors (Lipinski definition) is 2. The number of rotatable bonds is 1. The molecule has 3 rings (SSSR count). The molecular formula is C15H19N3O. The van der Waals surface area contributed by atoms with Crippen LogP contribution in [-0.2, 0) is 0 Å². The maximum absolute atomic E-state index is 10.8. The number of fused-ring (bicyclic) bond motifs is 3. The van der Waals surface area contributed by atoms with E-state index in [1.54, 1.807) is 0 Å². The molecule has 0 aromatic heterocycles. The molecule has 0 bridgehead atoms. The van der Waals surface area contributed by atoms with Crippen molar-refractivity contribution in [2.45, 2.75) is 38.0 Å². The largest absolute Gasteiger partial charge is 0.350 e. The lowest BCUT2D eigenvalue weighted by atomic mass is 9.67. The minimum Gasteiger partial charge on any atom is -0.350 e. The van der Waals surface area contributed by atoms with Gasteiger partial charge in [0.15, 0.2) is 0 Å². The SMILES string of the molecule is NC(=O)N/N=C1\C[C@H]2CCCC[C@H]2c2ccccc21. The number of carbonyl (C=O) groups is 1. The molecule has 0 spiro atoms. The average Bonchev–Trinajstić information content (AvgIpc) is 2.44.